The van der Waals surface area contributed by atoms with E-state index < -0.39 is 10.0 Å². The van der Waals surface area contributed by atoms with Gasteiger partial charge in [-0.15, -0.1) is 11.3 Å². The first-order valence-corrected chi connectivity index (χ1v) is 10.6. The monoisotopic (exact) mass is 395 g/mol. The van der Waals surface area contributed by atoms with Crippen LogP contribution < -0.4 is 5.32 Å². The molecule has 1 heterocycles. The Morgan fingerprint density at radius 1 is 1.15 bits per heavy atom. The molecule has 142 valence electrons. The van der Waals surface area contributed by atoms with Gasteiger partial charge in [0.05, 0.1) is 11.4 Å². The SMILES string of the molecule is CC(C)N(C)S(=O)(=O)c1ccc(NC(=O)CN(C)Cc2cccs2)cc1. The van der Waals surface area contributed by atoms with Gasteiger partial charge in [0.15, 0.2) is 0 Å². The normalized spacial score (nSPS) is 12.1. The molecule has 1 aromatic carbocycles. The van der Waals surface area contributed by atoms with Crippen molar-refractivity contribution in [3.8, 4) is 0 Å². The minimum atomic E-state index is -3.52. The van der Waals surface area contributed by atoms with Crippen LogP contribution in [0.15, 0.2) is 46.7 Å². The average molecular weight is 396 g/mol. The Morgan fingerprint density at radius 3 is 2.35 bits per heavy atom. The molecule has 0 atom stereocenters. The van der Waals surface area contributed by atoms with Gasteiger partial charge < -0.3 is 5.32 Å². The zero-order valence-electron chi connectivity index (χ0n) is 15.5. The summed E-state index contributed by atoms with van der Waals surface area (Å²) in [6.45, 7) is 4.61. The molecule has 0 bridgehead atoms. The molecule has 1 aromatic heterocycles. The summed E-state index contributed by atoms with van der Waals surface area (Å²) in [5, 5.41) is 4.81. The molecule has 1 amide bonds. The number of carbonyl (C=O) groups excluding carboxylic acids is 1. The summed E-state index contributed by atoms with van der Waals surface area (Å²) < 4.78 is 26.2. The Bertz CT molecular complexity index is 816. The maximum Gasteiger partial charge on any atom is 0.243 e. The molecule has 0 spiro atoms. The molecule has 0 aliphatic rings. The highest BCUT2D eigenvalue weighted by molar-refractivity contribution is 7.89. The summed E-state index contributed by atoms with van der Waals surface area (Å²) in [6.07, 6.45) is 0. The third-order valence-electron chi connectivity index (χ3n) is 3.96. The summed E-state index contributed by atoms with van der Waals surface area (Å²) in [4.78, 5) is 15.5. The van der Waals surface area contributed by atoms with Crippen molar-refractivity contribution in [3.05, 3.63) is 46.7 Å². The van der Waals surface area contributed by atoms with Crippen LogP contribution in [0.3, 0.4) is 0 Å². The van der Waals surface area contributed by atoms with Crippen LogP contribution in [0, 0.1) is 0 Å². The van der Waals surface area contributed by atoms with Crippen molar-refractivity contribution in [2.45, 2.75) is 31.3 Å². The van der Waals surface area contributed by atoms with Crippen LogP contribution in [0.5, 0.6) is 0 Å². The lowest BCUT2D eigenvalue weighted by atomic mass is 10.3. The van der Waals surface area contributed by atoms with E-state index in [4.69, 9.17) is 0 Å². The van der Waals surface area contributed by atoms with Gasteiger partial charge in [0.25, 0.3) is 0 Å². The summed E-state index contributed by atoms with van der Waals surface area (Å²) in [6, 6.07) is 10.1. The number of thiophene rings is 1. The Kier molecular flexibility index (Phi) is 6.94. The Balaban J connectivity index is 1.95. The third kappa shape index (κ3) is 5.38. The highest BCUT2D eigenvalue weighted by Gasteiger charge is 2.22. The third-order valence-corrected chi connectivity index (χ3v) is 6.87. The molecule has 0 aliphatic heterocycles. The molecule has 0 fully saturated rings. The fraction of sp³-hybridized carbons (Fsp3) is 0.389. The minimum absolute atomic E-state index is 0.127. The quantitative estimate of drug-likeness (QED) is 0.746. The molecule has 0 radical (unpaired) electrons. The first-order valence-electron chi connectivity index (χ1n) is 8.29. The lowest BCUT2D eigenvalue weighted by Gasteiger charge is -2.21. The van der Waals surface area contributed by atoms with Gasteiger partial charge in [0.2, 0.25) is 15.9 Å². The van der Waals surface area contributed by atoms with Crippen molar-refractivity contribution in [1.29, 1.82) is 0 Å². The molecule has 6 nitrogen and oxygen atoms in total. The van der Waals surface area contributed by atoms with Crippen LogP contribution in [0.1, 0.15) is 18.7 Å². The van der Waals surface area contributed by atoms with Crippen molar-refractivity contribution < 1.29 is 13.2 Å². The van der Waals surface area contributed by atoms with Gasteiger partial charge in [0, 0.05) is 30.2 Å². The lowest BCUT2D eigenvalue weighted by Crippen LogP contribution is -2.33. The van der Waals surface area contributed by atoms with Crippen molar-refractivity contribution >= 4 is 33.0 Å². The van der Waals surface area contributed by atoms with E-state index in [1.165, 1.54) is 21.3 Å². The van der Waals surface area contributed by atoms with E-state index in [0.717, 1.165) is 0 Å². The highest BCUT2D eigenvalue weighted by Crippen LogP contribution is 2.19. The largest absolute Gasteiger partial charge is 0.325 e. The molecular weight excluding hydrogens is 370 g/mol. The van der Waals surface area contributed by atoms with Gasteiger partial charge in [-0.1, -0.05) is 6.07 Å². The van der Waals surface area contributed by atoms with E-state index >= 15 is 0 Å². The molecule has 0 unspecified atom stereocenters. The first kappa shape index (κ1) is 20.6. The fourth-order valence-electron chi connectivity index (χ4n) is 2.32. The molecule has 2 aromatic rings. The summed E-state index contributed by atoms with van der Waals surface area (Å²) in [5.74, 6) is -0.140. The van der Waals surface area contributed by atoms with Gasteiger partial charge in [-0.05, 0) is 56.6 Å². The fourth-order valence-corrected chi connectivity index (χ4v) is 4.48. The van der Waals surface area contributed by atoms with Crippen LogP contribution in [-0.2, 0) is 21.4 Å². The minimum Gasteiger partial charge on any atom is -0.325 e. The Morgan fingerprint density at radius 2 is 1.81 bits per heavy atom. The number of benzene rings is 1. The highest BCUT2D eigenvalue weighted by atomic mass is 32.2. The van der Waals surface area contributed by atoms with Crippen LogP contribution in [0.2, 0.25) is 0 Å². The number of likely N-dealkylation sites (N-methyl/N-ethyl adjacent to an activating group) is 1. The predicted octanol–water partition coefficient (Wildman–Crippen LogP) is 2.85. The number of carbonyl (C=O) groups is 1. The summed E-state index contributed by atoms with van der Waals surface area (Å²) in [7, 11) is -0.0777. The number of sulfonamides is 1. The van der Waals surface area contributed by atoms with Gasteiger partial charge in [-0.3, -0.25) is 9.69 Å². The van der Waals surface area contributed by atoms with Crippen molar-refractivity contribution in [1.82, 2.24) is 9.21 Å². The Hall–Kier alpha value is -1.74. The smallest absolute Gasteiger partial charge is 0.243 e. The topological polar surface area (TPSA) is 69.7 Å². The van der Waals surface area contributed by atoms with Gasteiger partial charge in [-0.2, -0.15) is 4.31 Å². The van der Waals surface area contributed by atoms with Crippen molar-refractivity contribution in [2.75, 3.05) is 26.0 Å². The molecule has 2 rings (SSSR count). The standard InChI is InChI=1S/C18H25N3O3S2/c1-14(2)21(4)26(23,24)17-9-7-15(8-10-17)19-18(22)13-20(3)12-16-6-5-11-25-16/h5-11,14H,12-13H2,1-4H3,(H,19,22). The van der Waals surface area contributed by atoms with Crippen molar-refractivity contribution in [3.63, 3.8) is 0 Å². The van der Waals surface area contributed by atoms with Gasteiger partial charge in [-0.25, -0.2) is 8.42 Å². The maximum atomic E-state index is 12.4. The second kappa shape index (κ2) is 8.77. The van der Waals surface area contributed by atoms with Gasteiger partial charge >= 0.3 is 0 Å². The number of anilines is 1. The molecule has 0 saturated carbocycles. The maximum absolute atomic E-state index is 12.4. The zero-order valence-corrected chi connectivity index (χ0v) is 17.1. The lowest BCUT2D eigenvalue weighted by molar-refractivity contribution is -0.117. The molecule has 0 aliphatic carbocycles. The Labute approximate surface area is 159 Å². The second-order valence-corrected chi connectivity index (χ2v) is 9.47. The molecule has 1 N–H and O–H groups in total. The van der Waals surface area contributed by atoms with E-state index in [1.54, 1.807) is 30.5 Å². The van der Waals surface area contributed by atoms with Crippen LogP contribution in [0.25, 0.3) is 0 Å². The zero-order chi connectivity index (χ0) is 19.3. The van der Waals surface area contributed by atoms with E-state index in [-0.39, 0.29) is 23.4 Å². The van der Waals surface area contributed by atoms with E-state index in [0.29, 0.717) is 12.2 Å². The summed E-state index contributed by atoms with van der Waals surface area (Å²) in [5.41, 5.74) is 0.575. The first-order chi connectivity index (χ1) is 12.2. The molecule has 0 saturated heterocycles. The van der Waals surface area contributed by atoms with Crippen LogP contribution >= 0.6 is 11.3 Å². The van der Waals surface area contributed by atoms with E-state index in [9.17, 15) is 13.2 Å². The second-order valence-electron chi connectivity index (χ2n) is 6.44. The number of amides is 1. The molecular formula is C18H25N3O3S2. The average Bonchev–Trinajstić information content (AvgIpc) is 3.07. The number of hydrogen-bond donors (Lipinski definition) is 1. The number of rotatable bonds is 8. The molecule has 26 heavy (non-hydrogen) atoms. The number of hydrogen-bond acceptors (Lipinski definition) is 5. The van der Waals surface area contributed by atoms with E-state index in [1.807, 2.05) is 43.3 Å². The number of nitrogens with zero attached hydrogens (tertiary/aromatic N) is 2. The predicted molar refractivity (Wildman–Crippen MR) is 106 cm³/mol. The summed E-state index contributed by atoms with van der Waals surface area (Å²) >= 11 is 1.66. The van der Waals surface area contributed by atoms with Crippen molar-refractivity contribution in [2.24, 2.45) is 0 Å². The van der Waals surface area contributed by atoms with Crippen LogP contribution in [-0.4, -0.2) is 50.2 Å². The molecule has 8 heteroatoms. The van der Waals surface area contributed by atoms with E-state index in [2.05, 4.69) is 5.32 Å². The van der Waals surface area contributed by atoms with Gasteiger partial charge in [0.1, 0.15) is 0 Å². The number of nitrogens with one attached hydrogen (secondary N) is 1. The van der Waals surface area contributed by atoms with Crippen LogP contribution in [0.4, 0.5) is 5.69 Å².